The summed E-state index contributed by atoms with van der Waals surface area (Å²) in [6.45, 7) is 5.28. The molecule has 5 nitrogen and oxygen atoms in total. The van der Waals surface area contributed by atoms with Gasteiger partial charge in [0.15, 0.2) is 0 Å². The number of hydrogen-bond acceptors (Lipinski definition) is 5. The minimum Gasteiger partial charge on any atom is -0.463 e. The zero-order valence-corrected chi connectivity index (χ0v) is 11.5. The summed E-state index contributed by atoms with van der Waals surface area (Å²) in [6, 6.07) is 3.45. The highest BCUT2D eigenvalue weighted by molar-refractivity contribution is 5.86. The van der Waals surface area contributed by atoms with Crippen LogP contribution in [-0.2, 0) is 11.3 Å². The minimum atomic E-state index is -0.430. The maximum Gasteiger partial charge on any atom is 0.373 e. The molecule has 1 aliphatic rings. The first-order valence-electron chi connectivity index (χ1n) is 6.89. The van der Waals surface area contributed by atoms with Gasteiger partial charge in [0.25, 0.3) is 0 Å². The summed E-state index contributed by atoms with van der Waals surface area (Å²) in [5.74, 6) is 0.596. The molecular formula is C14H22N2O3. The third kappa shape index (κ3) is 4.36. The molecule has 0 saturated carbocycles. The number of ether oxygens (including phenoxy) is 1. The fourth-order valence-corrected chi connectivity index (χ4v) is 2.33. The Morgan fingerprint density at radius 3 is 2.95 bits per heavy atom. The summed E-state index contributed by atoms with van der Waals surface area (Å²) in [6.07, 6.45) is 3.83. The first-order valence-corrected chi connectivity index (χ1v) is 6.89. The van der Waals surface area contributed by atoms with Crippen molar-refractivity contribution in [3.8, 4) is 0 Å². The van der Waals surface area contributed by atoms with Gasteiger partial charge in [-0.25, -0.2) is 4.79 Å². The SMILES string of the molecule is COC(=O)c1ccc(CNCCCN2CCCC2)o1. The Bertz CT molecular complexity index is 397. The number of esters is 1. The van der Waals surface area contributed by atoms with Gasteiger partial charge in [0.1, 0.15) is 5.76 Å². The van der Waals surface area contributed by atoms with Gasteiger partial charge in [-0.05, 0) is 57.6 Å². The summed E-state index contributed by atoms with van der Waals surface area (Å²) in [5.41, 5.74) is 0. The molecule has 1 aliphatic heterocycles. The molecule has 1 fully saturated rings. The van der Waals surface area contributed by atoms with E-state index in [1.807, 2.05) is 0 Å². The number of carbonyl (C=O) groups excluding carboxylic acids is 1. The maximum absolute atomic E-state index is 11.2. The van der Waals surface area contributed by atoms with Crippen molar-refractivity contribution in [2.75, 3.05) is 33.3 Å². The Labute approximate surface area is 113 Å². The van der Waals surface area contributed by atoms with Gasteiger partial charge < -0.3 is 19.4 Å². The number of nitrogens with zero attached hydrogens (tertiary/aromatic N) is 1. The fourth-order valence-electron chi connectivity index (χ4n) is 2.33. The average Bonchev–Trinajstić information content (AvgIpc) is 3.08. The monoisotopic (exact) mass is 266 g/mol. The van der Waals surface area contributed by atoms with Crippen LogP contribution in [0.4, 0.5) is 0 Å². The van der Waals surface area contributed by atoms with E-state index in [2.05, 4.69) is 15.0 Å². The van der Waals surface area contributed by atoms with E-state index >= 15 is 0 Å². The molecule has 0 unspecified atom stereocenters. The average molecular weight is 266 g/mol. The largest absolute Gasteiger partial charge is 0.463 e. The number of rotatable bonds is 7. The van der Waals surface area contributed by atoms with Gasteiger partial charge in [0.05, 0.1) is 13.7 Å². The van der Waals surface area contributed by atoms with Crippen molar-refractivity contribution in [1.29, 1.82) is 0 Å². The smallest absolute Gasteiger partial charge is 0.373 e. The van der Waals surface area contributed by atoms with Gasteiger partial charge in [-0.1, -0.05) is 0 Å². The Morgan fingerprint density at radius 1 is 1.42 bits per heavy atom. The number of likely N-dealkylation sites (tertiary alicyclic amines) is 1. The van der Waals surface area contributed by atoms with E-state index in [0.29, 0.717) is 6.54 Å². The lowest BCUT2D eigenvalue weighted by Gasteiger charge is -2.13. The molecule has 1 saturated heterocycles. The molecule has 1 aromatic rings. The molecule has 0 radical (unpaired) electrons. The van der Waals surface area contributed by atoms with Gasteiger partial charge in [-0.3, -0.25) is 0 Å². The molecule has 0 spiro atoms. The Hall–Kier alpha value is -1.33. The molecule has 0 amide bonds. The number of furan rings is 1. The van der Waals surface area contributed by atoms with Crippen LogP contribution in [0, 0.1) is 0 Å². The standard InChI is InChI=1S/C14H22N2O3/c1-18-14(17)13-6-5-12(19-13)11-15-7-4-10-16-8-2-3-9-16/h5-6,15H,2-4,7-11H2,1H3. The van der Waals surface area contributed by atoms with Crippen LogP contribution in [0.25, 0.3) is 0 Å². The summed E-state index contributed by atoms with van der Waals surface area (Å²) in [4.78, 5) is 13.7. The van der Waals surface area contributed by atoms with Crippen LogP contribution in [0.1, 0.15) is 35.6 Å². The summed E-state index contributed by atoms with van der Waals surface area (Å²) < 4.78 is 9.96. The van der Waals surface area contributed by atoms with E-state index in [9.17, 15) is 4.79 Å². The van der Waals surface area contributed by atoms with Crippen LogP contribution in [0.3, 0.4) is 0 Å². The summed E-state index contributed by atoms with van der Waals surface area (Å²) in [7, 11) is 1.35. The van der Waals surface area contributed by atoms with Crippen molar-refractivity contribution in [3.05, 3.63) is 23.7 Å². The summed E-state index contributed by atoms with van der Waals surface area (Å²) in [5, 5.41) is 3.32. The lowest BCUT2D eigenvalue weighted by Crippen LogP contribution is -2.24. The van der Waals surface area contributed by atoms with Crippen molar-refractivity contribution >= 4 is 5.97 Å². The second kappa shape index (κ2) is 7.31. The maximum atomic E-state index is 11.2. The van der Waals surface area contributed by atoms with Gasteiger partial charge in [0.2, 0.25) is 5.76 Å². The topological polar surface area (TPSA) is 54.7 Å². The quantitative estimate of drug-likeness (QED) is 0.600. The van der Waals surface area contributed by atoms with Gasteiger partial charge in [-0.2, -0.15) is 0 Å². The van der Waals surface area contributed by atoms with E-state index in [1.165, 1.54) is 39.6 Å². The number of hydrogen-bond donors (Lipinski definition) is 1. The Balaban J connectivity index is 1.60. The molecule has 1 aromatic heterocycles. The first kappa shape index (κ1) is 14.1. The number of carbonyl (C=O) groups is 1. The number of methoxy groups -OCH3 is 1. The van der Waals surface area contributed by atoms with Crippen LogP contribution in [0.2, 0.25) is 0 Å². The molecule has 0 aliphatic carbocycles. The van der Waals surface area contributed by atoms with Crippen molar-refractivity contribution in [2.45, 2.75) is 25.8 Å². The Kier molecular flexibility index (Phi) is 5.42. The lowest BCUT2D eigenvalue weighted by atomic mass is 10.3. The highest BCUT2D eigenvalue weighted by atomic mass is 16.5. The van der Waals surface area contributed by atoms with Crippen molar-refractivity contribution in [1.82, 2.24) is 10.2 Å². The number of nitrogens with one attached hydrogen (secondary N) is 1. The van der Waals surface area contributed by atoms with Crippen molar-refractivity contribution in [2.24, 2.45) is 0 Å². The molecule has 106 valence electrons. The van der Waals surface area contributed by atoms with Crippen LogP contribution in [0.5, 0.6) is 0 Å². The van der Waals surface area contributed by atoms with Crippen molar-refractivity contribution in [3.63, 3.8) is 0 Å². The van der Waals surface area contributed by atoms with Crippen LogP contribution >= 0.6 is 0 Å². The molecular weight excluding hydrogens is 244 g/mol. The van der Waals surface area contributed by atoms with E-state index in [0.717, 1.165) is 18.7 Å². The predicted octanol–water partition coefficient (Wildman–Crippen LogP) is 1.64. The third-order valence-corrected chi connectivity index (χ3v) is 3.37. The van der Waals surface area contributed by atoms with E-state index in [-0.39, 0.29) is 5.76 Å². The van der Waals surface area contributed by atoms with Crippen LogP contribution in [-0.4, -0.2) is 44.2 Å². The molecule has 2 rings (SSSR count). The minimum absolute atomic E-state index is 0.261. The van der Waals surface area contributed by atoms with Gasteiger partial charge in [-0.15, -0.1) is 0 Å². The summed E-state index contributed by atoms with van der Waals surface area (Å²) >= 11 is 0. The lowest BCUT2D eigenvalue weighted by molar-refractivity contribution is 0.0563. The van der Waals surface area contributed by atoms with Crippen LogP contribution < -0.4 is 5.32 Å². The molecule has 0 atom stereocenters. The van der Waals surface area contributed by atoms with Gasteiger partial charge in [0, 0.05) is 0 Å². The molecule has 5 heteroatoms. The first-order chi connectivity index (χ1) is 9.29. The van der Waals surface area contributed by atoms with Gasteiger partial charge >= 0.3 is 5.97 Å². The molecule has 2 heterocycles. The normalized spacial score (nSPS) is 15.8. The van der Waals surface area contributed by atoms with E-state index in [4.69, 9.17) is 4.42 Å². The molecule has 19 heavy (non-hydrogen) atoms. The highest BCUT2D eigenvalue weighted by Gasteiger charge is 2.11. The highest BCUT2D eigenvalue weighted by Crippen LogP contribution is 2.09. The zero-order chi connectivity index (χ0) is 13.5. The van der Waals surface area contributed by atoms with E-state index in [1.54, 1.807) is 12.1 Å². The van der Waals surface area contributed by atoms with Crippen molar-refractivity contribution < 1.29 is 13.9 Å². The second-order valence-corrected chi connectivity index (χ2v) is 4.84. The van der Waals surface area contributed by atoms with E-state index < -0.39 is 5.97 Å². The third-order valence-electron chi connectivity index (χ3n) is 3.37. The molecule has 0 aromatic carbocycles. The fraction of sp³-hybridized carbons (Fsp3) is 0.643. The molecule has 1 N–H and O–H groups in total. The second-order valence-electron chi connectivity index (χ2n) is 4.84. The Morgan fingerprint density at radius 2 is 2.21 bits per heavy atom. The van der Waals surface area contributed by atoms with Crippen LogP contribution in [0.15, 0.2) is 16.5 Å². The molecule has 0 bridgehead atoms. The predicted molar refractivity (Wildman–Crippen MR) is 72.0 cm³/mol. The zero-order valence-electron chi connectivity index (χ0n) is 11.5.